The summed E-state index contributed by atoms with van der Waals surface area (Å²) < 4.78 is 52.4. The first-order valence-electron chi connectivity index (χ1n) is 5.59. The molecule has 0 heterocycles. The molecule has 1 rings (SSSR count). The molecular weight excluding hydrogens is 274 g/mol. The van der Waals surface area contributed by atoms with Crippen LogP contribution in [0.4, 0.5) is 14.5 Å². The van der Waals surface area contributed by atoms with E-state index in [1.54, 1.807) is 13.8 Å². The number of nitrogens with two attached hydrogens (primary N) is 1. The van der Waals surface area contributed by atoms with E-state index in [2.05, 4.69) is 6.58 Å². The minimum absolute atomic E-state index is 0.0245. The van der Waals surface area contributed by atoms with E-state index in [0.717, 1.165) is 10.4 Å². The van der Waals surface area contributed by atoms with E-state index < -0.39 is 38.3 Å². The molecule has 0 spiro atoms. The molecule has 0 unspecified atom stereocenters. The Balaban J connectivity index is 3.41. The Bertz CT molecular complexity index is 586. The highest BCUT2D eigenvalue weighted by molar-refractivity contribution is 7.89. The summed E-state index contributed by atoms with van der Waals surface area (Å²) in [5.74, 6) is -2.15. The van der Waals surface area contributed by atoms with E-state index >= 15 is 0 Å². The van der Waals surface area contributed by atoms with Crippen LogP contribution in [0.5, 0.6) is 0 Å². The number of hydrogen-bond acceptors (Lipinski definition) is 3. The first-order chi connectivity index (χ1) is 8.71. The van der Waals surface area contributed by atoms with Crippen LogP contribution >= 0.6 is 0 Å². The molecule has 0 aliphatic carbocycles. The molecule has 1 aromatic carbocycles. The molecular formula is C12H16F2N2O2S. The Morgan fingerprint density at radius 2 is 1.95 bits per heavy atom. The lowest BCUT2D eigenvalue weighted by Gasteiger charge is -2.24. The number of rotatable bonds is 5. The monoisotopic (exact) mass is 290 g/mol. The fourth-order valence-electron chi connectivity index (χ4n) is 1.58. The van der Waals surface area contributed by atoms with Crippen molar-refractivity contribution in [2.24, 2.45) is 0 Å². The third-order valence-electron chi connectivity index (χ3n) is 2.52. The van der Waals surface area contributed by atoms with Gasteiger partial charge in [0.05, 0.1) is 5.69 Å². The van der Waals surface area contributed by atoms with Gasteiger partial charge in [0.25, 0.3) is 0 Å². The van der Waals surface area contributed by atoms with Crippen LogP contribution in [0, 0.1) is 11.6 Å². The molecule has 2 N–H and O–H groups in total. The number of nitrogen functional groups attached to an aromatic ring is 1. The first kappa shape index (κ1) is 15.6. The van der Waals surface area contributed by atoms with Crippen LogP contribution < -0.4 is 5.73 Å². The Kier molecular flexibility index (Phi) is 4.65. The van der Waals surface area contributed by atoms with E-state index in [1.807, 2.05) is 0 Å². The van der Waals surface area contributed by atoms with Gasteiger partial charge >= 0.3 is 0 Å². The summed E-state index contributed by atoms with van der Waals surface area (Å²) in [6.45, 7) is 6.77. The lowest BCUT2D eigenvalue weighted by molar-refractivity contribution is 0.380. The van der Waals surface area contributed by atoms with Gasteiger partial charge in [-0.3, -0.25) is 0 Å². The molecule has 19 heavy (non-hydrogen) atoms. The maximum atomic E-state index is 13.7. The van der Waals surface area contributed by atoms with Gasteiger partial charge in [0.1, 0.15) is 16.5 Å². The maximum absolute atomic E-state index is 13.7. The van der Waals surface area contributed by atoms with Crippen molar-refractivity contribution in [3.05, 3.63) is 36.4 Å². The van der Waals surface area contributed by atoms with Crippen molar-refractivity contribution in [2.45, 2.75) is 24.8 Å². The maximum Gasteiger partial charge on any atom is 0.246 e. The van der Waals surface area contributed by atoms with E-state index in [1.165, 1.54) is 6.08 Å². The van der Waals surface area contributed by atoms with Crippen molar-refractivity contribution in [1.82, 2.24) is 4.31 Å². The minimum atomic E-state index is -4.09. The molecule has 0 aliphatic rings. The van der Waals surface area contributed by atoms with Gasteiger partial charge < -0.3 is 5.73 Å². The van der Waals surface area contributed by atoms with Gasteiger partial charge in [-0.1, -0.05) is 6.08 Å². The fraction of sp³-hybridized carbons (Fsp3) is 0.333. The van der Waals surface area contributed by atoms with Crippen molar-refractivity contribution in [2.75, 3.05) is 12.3 Å². The van der Waals surface area contributed by atoms with Crippen molar-refractivity contribution >= 4 is 15.7 Å². The number of sulfonamides is 1. The van der Waals surface area contributed by atoms with Gasteiger partial charge in [-0.15, -0.1) is 6.58 Å². The fourth-order valence-corrected chi connectivity index (χ4v) is 3.27. The number of anilines is 1. The SMILES string of the molecule is C=CCN(C(C)C)S(=O)(=O)c1cc(N)c(F)cc1F. The molecule has 0 bridgehead atoms. The zero-order chi connectivity index (χ0) is 14.8. The van der Waals surface area contributed by atoms with Gasteiger partial charge in [-0.05, 0) is 19.9 Å². The molecule has 0 radical (unpaired) electrons. The molecule has 0 saturated heterocycles. The predicted octanol–water partition coefficient (Wildman–Crippen LogP) is 2.13. The van der Waals surface area contributed by atoms with Crippen LogP contribution in [0.15, 0.2) is 29.7 Å². The zero-order valence-corrected chi connectivity index (χ0v) is 11.5. The van der Waals surface area contributed by atoms with Gasteiger partial charge in [0, 0.05) is 18.7 Å². The van der Waals surface area contributed by atoms with Crippen LogP contribution in [-0.4, -0.2) is 25.3 Å². The number of halogens is 2. The van der Waals surface area contributed by atoms with Crippen LogP contribution in [-0.2, 0) is 10.0 Å². The quantitative estimate of drug-likeness (QED) is 0.667. The van der Waals surface area contributed by atoms with Crippen molar-refractivity contribution in [1.29, 1.82) is 0 Å². The van der Waals surface area contributed by atoms with Crippen molar-refractivity contribution in [3.8, 4) is 0 Å². The van der Waals surface area contributed by atoms with E-state index in [4.69, 9.17) is 5.73 Å². The topological polar surface area (TPSA) is 63.4 Å². The molecule has 0 aliphatic heterocycles. The summed E-state index contributed by atoms with van der Waals surface area (Å²) in [5, 5.41) is 0. The summed E-state index contributed by atoms with van der Waals surface area (Å²) in [6, 6.07) is 0.862. The van der Waals surface area contributed by atoms with Gasteiger partial charge in [0.2, 0.25) is 10.0 Å². The first-order valence-corrected chi connectivity index (χ1v) is 7.03. The second-order valence-electron chi connectivity index (χ2n) is 4.26. The molecule has 7 heteroatoms. The molecule has 0 saturated carbocycles. The third-order valence-corrected chi connectivity index (χ3v) is 4.58. The third kappa shape index (κ3) is 3.10. The Morgan fingerprint density at radius 3 is 2.42 bits per heavy atom. The van der Waals surface area contributed by atoms with E-state index in [9.17, 15) is 17.2 Å². The summed E-state index contributed by atoms with van der Waals surface area (Å²) in [7, 11) is -4.09. The second kappa shape index (κ2) is 5.66. The summed E-state index contributed by atoms with van der Waals surface area (Å²) in [6.07, 6.45) is 1.39. The van der Waals surface area contributed by atoms with E-state index in [0.29, 0.717) is 6.07 Å². The molecule has 0 fully saturated rings. The standard InChI is InChI=1S/C12H16F2N2O2S/c1-4-5-16(8(2)3)19(17,18)12-7-11(15)9(13)6-10(12)14/h4,6-8H,1,5,15H2,2-3H3. The van der Waals surface area contributed by atoms with Crippen LogP contribution in [0.2, 0.25) is 0 Å². The van der Waals surface area contributed by atoms with Gasteiger partial charge in [0.15, 0.2) is 0 Å². The Hall–Kier alpha value is -1.47. The molecule has 0 aromatic heterocycles. The summed E-state index contributed by atoms with van der Waals surface area (Å²) >= 11 is 0. The molecule has 1 aromatic rings. The second-order valence-corrected chi connectivity index (χ2v) is 6.12. The highest BCUT2D eigenvalue weighted by atomic mass is 32.2. The highest BCUT2D eigenvalue weighted by Crippen LogP contribution is 2.25. The van der Waals surface area contributed by atoms with Crippen LogP contribution in [0.3, 0.4) is 0 Å². The zero-order valence-electron chi connectivity index (χ0n) is 10.7. The Labute approximate surface area is 111 Å². The lowest BCUT2D eigenvalue weighted by atomic mass is 10.3. The van der Waals surface area contributed by atoms with Crippen LogP contribution in [0.1, 0.15) is 13.8 Å². The van der Waals surface area contributed by atoms with Crippen LogP contribution in [0.25, 0.3) is 0 Å². The largest absolute Gasteiger partial charge is 0.396 e. The molecule has 0 amide bonds. The summed E-state index contributed by atoms with van der Waals surface area (Å²) in [4.78, 5) is -0.637. The average Bonchev–Trinajstić information content (AvgIpc) is 2.29. The predicted molar refractivity (Wildman–Crippen MR) is 70.0 cm³/mol. The van der Waals surface area contributed by atoms with Crippen molar-refractivity contribution < 1.29 is 17.2 Å². The number of nitrogens with zero attached hydrogens (tertiary/aromatic N) is 1. The molecule has 0 atom stereocenters. The lowest BCUT2D eigenvalue weighted by Crippen LogP contribution is -2.37. The highest BCUT2D eigenvalue weighted by Gasteiger charge is 2.29. The smallest absolute Gasteiger partial charge is 0.246 e. The molecule has 106 valence electrons. The molecule has 4 nitrogen and oxygen atoms in total. The van der Waals surface area contributed by atoms with Gasteiger partial charge in [-0.2, -0.15) is 4.31 Å². The summed E-state index contributed by atoms with van der Waals surface area (Å²) in [5.41, 5.74) is 4.88. The van der Waals surface area contributed by atoms with E-state index in [-0.39, 0.29) is 6.54 Å². The normalized spacial score (nSPS) is 12.1. The number of hydrogen-bond donors (Lipinski definition) is 1. The Morgan fingerprint density at radius 1 is 1.37 bits per heavy atom. The van der Waals surface area contributed by atoms with Crippen molar-refractivity contribution in [3.63, 3.8) is 0 Å². The minimum Gasteiger partial charge on any atom is -0.396 e. The van der Waals surface area contributed by atoms with Gasteiger partial charge in [-0.25, -0.2) is 17.2 Å². The number of benzene rings is 1. The average molecular weight is 290 g/mol.